The van der Waals surface area contributed by atoms with Gasteiger partial charge in [-0.3, -0.25) is 9.48 Å². The molecule has 2 aromatic rings. The van der Waals surface area contributed by atoms with Gasteiger partial charge in [-0.1, -0.05) is 17.7 Å². The fourth-order valence-electron chi connectivity index (χ4n) is 6.30. The number of aromatic nitrogens is 2. The van der Waals surface area contributed by atoms with Crippen molar-refractivity contribution in [3.63, 3.8) is 0 Å². The third kappa shape index (κ3) is 4.57. The maximum Gasteiger partial charge on any atom is 0.261 e. The number of benzene rings is 1. The molecule has 3 fully saturated rings. The number of alkyl halides is 1. The zero-order chi connectivity index (χ0) is 25.3. The lowest BCUT2D eigenvalue weighted by Crippen LogP contribution is -2.39. The average molecular weight is 616 g/mol. The number of fused-ring (bicyclic) bond motifs is 1. The number of anilines is 2. The molecule has 7 nitrogen and oxygen atoms in total. The van der Waals surface area contributed by atoms with Crippen LogP contribution in [0.3, 0.4) is 0 Å². The zero-order valence-electron chi connectivity index (χ0n) is 20.4. The van der Waals surface area contributed by atoms with Crippen LogP contribution in [0.1, 0.15) is 67.1 Å². The summed E-state index contributed by atoms with van der Waals surface area (Å²) < 4.78 is 24.6. The van der Waals surface area contributed by atoms with Crippen LogP contribution in [0.4, 0.5) is 15.9 Å². The van der Waals surface area contributed by atoms with Crippen LogP contribution < -0.4 is 11.1 Å². The van der Waals surface area contributed by atoms with E-state index in [4.69, 9.17) is 22.1 Å². The van der Waals surface area contributed by atoms with Crippen LogP contribution in [-0.4, -0.2) is 42.8 Å². The number of nitrogens with two attached hydrogens (primary N) is 1. The molecule has 35 heavy (non-hydrogen) atoms. The molecule has 0 radical (unpaired) electrons. The van der Waals surface area contributed by atoms with Crippen molar-refractivity contribution in [2.75, 3.05) is 17.6 Å². The van der Waals surface area contributed by atoms with Crippen LogP contribution in [0.5, 0.6) is 0 Å². The molecule has 1 spiro atoms. The summed E-state index contributed by atoms with van der Waals surface area (Å²) >= 11 is 8.43. The number of ether oxygens (including phenoxy) is 1. The minimum absolute atomic E-state index is 0.152. The average Bonchev–Trinajstić information content (AvgIpc) is 3.46. The van der Waals surface area contributed by atoms with Crippen molar-refractivity contribution in [1.29, 1.82) is 0 Å². The van der Waals surface area contributed by atoms with Gasteiger partial charge in [0.15, 0.2) is 6.23 Å². The van der Waals surface area contributed by atoms with Crippen molar-refractivity contribution in [2.45, 2.75) is 69.9 Å². The summed E-state index contributed by atoms with van der Waals surface area (Å²) in [5, 5.41) is 8.21. The lowest BCUT2D eigenvalue weighted by molar-refractivity contribution is -0.105. The van der Waals surface area contributed by atoms with E-state index in [1.807, 2.05) is 22.2 Å². The molecule has 1 aromatic carbocycles. The first-order valence-corrected chi connectivity index (χ1v) is 13.4. The van der Waals surface area contributed by atoms with Gasteiger partial charge in [0.25, 0.3) is 5.91 Å². The number of nitrogens with zero attached hydrogens (tertiary/aromatic N) is 3. The maximum atomic E-state index is 14.7. The highest BCUT2D eigenvalue weighted by atomic mass is 127. The van der Waals surface area contributed by atoms with E-state index in [9.17, 15) is 9.18 Å². The number of halogens is 3. The van der Waals surface area contributed by atoms with Gasteiger partial charge < -0.3 is 15.8 Å². The standard InChI is InChI=1S/C25H32ClFIN5O2/c1-13-5-6-17(9-18(13)26)30-22(34)19-20(31-32(4)21(19)29)14-7-15-10-25(11-16(15)8-14)12-33(28)23(35-25)24(2,3)27/h5-6,9,14-16,23H,7-8,10-12,29H2,1-4H3,(H,30,34). The molecule has 3 aliphatic rings. The maximum absolute atomic E-state index is 14.7. The van der Waals surface area contributed by atoms with E-state index in [1.165, 1.54) is 0 Å². The lowest BCUT2D eigenvalue weighted by Gasteiger charge is -2.28. The number of nitrogens with one attached hydrogen (secondary N) is 1. The van der Waals surface area contributed by atoms with Crippen molar-refractivity contribution in [2.24, 2.45) is 18.9 Å². The molecule has 10 heteroatoms. The number of carbonyl (C=O) groups excluding carboxylic acids is 1. The molecule has 0 bridgehead atoms. The minimum atomic E-state index is -1.42. The van der Waals surface area contributed by atoms with Crippen LogP contribution in [-0.2, 0) is 11.8 Å². The first-order valence-electron chi connectivity index (χ1n) is 12.1. The van der Waals surface area contributed by atoms with E-state index < -0.39 is 11.9 Å². The van der Waals surface area contributed by atoms with E-state index in [1.54, 1.807) is 31.6 Å². The van der Waals surface area contributed by atoms with E-state index in [0.29, 0.717) is 33.9 Å². The first kappa shape index (κ1) is 25.2. The summed E-state index contributed by atoms with van der Waals surface area (Å²) in [6.07, 6.45) is 3.14. The molecule has 1 aliphatic heterocycles. The Balaban J connectivity index is 1.32. The minimum Gasteiger partial charge on any atom is -0.383 e. The van der Waals surface area contributed by atoms with Crippen LogP contribution in [0.15, 0.2) is 18.2 Å². The van der Waals surface area contributed by atoms with Gasteiger partial charge in [-0.25, -0.2) is 7.50 Å². The molecule has 1 saturated heterocycles. The Labute approximate surface area is 224 Å². The van der Waals surface area contributed by atoms with Gasteiger partial charge in [-0.15, -0.1) is 0 Å². The van der Waals surface area contributed by atoms with Gasteiger partial charge in [0.2, 0.25) is 0 Å². The number of amides is 1. The summed E-state index contributed by atoms with van der Waals surface area (Å²) in [7, 11) is 1.77. The third-order valence-electron chi connectivity index (χ3n) is 7.91. The number of rotatable bonds is 4. The zero-order valence-corrected chi connectivity index (χ0v) is 23.4. The smallest absolute Gasteiger partial charge is 0.261 e. The van der Waals surface area contributed by atoms with Gasteiger partial charge in [0, 0.05) is 53.1 Å². The largest absolute Gasteiger partial charge is 0.383 e. The van der Waals surface area contributed by atoms with Crippen molar-refractivity contribution in [1.82, 2.24) is 12.9 Å². The fourth-order valence-corrected chi connectivity index (χ4v) is 7.88. The molecule has 190 valence electrons. The summed E-state index contributed by atoms with van der Waals surface area (Å²) in [5.74, 6) is 1.16. The molecule has 1 amide bonds. The Kier molecular flexibility index (Phi) is 6.38. The monoisotopic (exact) mass is 615 g/mol. The predicted molar refractivity (Wildman–Crippen MR) is 143 cm³/mol. The van der Waals surface area contributed by atoms with Crippen molar-refractivity contribution in [3.8, 4) is 0 Å². The molecule has 2 heterocycles. The summed E-state index contributed by atoms with van der Waals surface area (Å²) in [5.41, 5.74) is 7.38. The molecule has 3 unspecified atom stereocenters. The molecular weight excluding hydrogens is 584 g/mol. The number of hydrogen-bond acceptors (Lipinski definition) is 5. The van der Waals surface area contributed by atoms with Gasteiger partial charge in [0.1, 0.15) is 17.1 Å². The highest BCUT2D eigenvalue weighted by molar-refractivity contribution is 14.1. The molecular formula is C25H32ClFIN5O2. The highest BCUT2D eigenvalue weighted by Gasteiger charge is 2.58. The Hall–Kier alpha value is -1.43. The van der Waals surface area contributed by atoms with Crippen LogP contribution in [0, 0.1) is 18.8 Å². The number of carbonyl (C=O) groups is 1. The lowest BCUT2D eigenvalue weighted by atomic mass is 9.91. The summed E-state index contributed by atoms with van der Waals surface area (Å²) in [6, 6.07) is 5.44. The molecule has 3 atom stereocenters. The van der Waals surface area contributed by atoms with Gasteiger partial charge in [-0.2, -0.15) is 5.10 Å². The van der Waals surface area contributed by atoms with Crippen LogP contribution in [0.25, 0.3) is 0 Å². The molecule has 2 saturated carbocycles. The topological polar surface area (TPSA) is 85.4 Å². The number of aryl methyl sites for hydroxylation is 2. The molecule has 3 N–H and O–H groups in total. The fraction of sp³-hybridized carbons (Fsp3) is 0.600. The van der Waals surface area contributed by atoms with E-state index in [2.05, 4.69) is 33.3 Å². The number of nitrogen functional groups attached to an aromatic ring is 1. The SMILES string of the molecule is Cc1ccc(NC(=O)c2c(C3CC4CC5(CC4C3)CN(I)C(C(C)(C)F)O5)nn(C)c2N)cc1Cl. The highest BCUT2D eigenvalue weighted by Crippen LogP contribution is 2.58. The third-order valence-corrected chi connectivity index (χ3v) is 9.17. The Morgan fingerprint density at radius 1 is 1.34 bits per heavy atom. The molecule has 5 rings (SSSR count). The molecule has 2 aliphatic carbocycles. The van der Waals surface area contributed by atoms with Crippen LogP contribution in [0.2, 0.25) is 5.02 Å². The van der Waals surface area contributed by atoms with Gasteiger partial charge >= 0.3 is 0 Å². The Morgan fingerprint density at radius 3 is 2.57 bits per heavy atom. The van der Waals surface area contributed by atoms with Gasteiger partial charge in [0.05, 0.1) is 11.3 Å². The summed E-state index contributed by atoms with van der Waals surface area (Å²) in [4.78, 5) is 13.3. The Morgan fingerprint density at radius 2 is 2.00 bits per heavy atom. The summed E-state index contributed by atoms with van der Waals surface area (Å²) in [6.45, 7) is 5.82. The first-order chi connectivity index (χ1) is 16.4. The van der Waals surface area contributed by atoms with E-state index in [-0.39, 0.29) is 17.4 Å². The number of hydrogen-bond donors (Lipinski definition) is 2. The van der Waals surface area contributed by atoms with Crippen LogP contribution >= 0.6 is 34.5 Å². The second-order valence-electron chi connectivity index (χ2n) is 11.1. The van der Waals surface area contributed by atoms with Crippen molar-refractivity contribution >= 4 is 51.9 Å². The second kappa shape index (κ2) is 8.85. The van der Waals surface area contributed by atoms with E-state index >= 15 is 0 Å². The quantitative estimate of drug-likeness (QED) is 0.345. The second-order valence-corrected chi connectivity index (χ2v) is 12.7. The van der Waals surface area contributed by atoms with Crippen molar-refractivity contribution in [3.05, 3.63) is 40.0 Å². The normalized spacial score (nSPS) is 30.8. The predicted octanol–water partition coefficient (Wildman–Crippen LogP) is 5.62. The van der Waals surface area contributed by atoms with Crippen molar-refractivity contribution < 1.29 is 13.9 Å². The van der Waals surface area contributed by atoms with Gasteiger partial charge in [-0.05, 0) is 76.0 Å². The van der Waals surface area contributed by atoms with E-state index in [0.717, 1.165) is 43.5 Å². The Bertz CT molecular complexity index is 1150. The molecule has 1 aromatic heterocycles.